The minimum atomic E-state index is -1.31. The Balaban J connectivity index is 1.94. The smallest absolute Gasteiger partial charge is 0.201 e. The molecule has 116 valence electrons. The maximum atomic E-state index is 12.7. The normalized spacial score (nSPS) is 16.5. The van der Waals surface area contributed by atoms with Gasteiger partial charge in [0, 0.05) is 28.7 Å². The molecule has 0 aliphatic heterocycles. The molecule has 0 bridgehead atoms. The van der Waals surface area contributed by atoms with Crippen LogP contribution in [0.4, 0.5) is 0 Å². The number of Topliss-reactive ketones (excluding diaryl/α,β-unsaturated/α-hetero) is 1. The number of nitrogens with zero attached hydrogens (tertiary/aromatic N) is 1. The summed E-state index contributed by atoms with van der Waals surface area (Å²) < 4.78 is 0.912. The summed E-state index contributed by atoms with van der Waals surface area (Å²) in [4.78, 5) is 12.7. The molecule has 0 saturated carbocycles. The molecule has 2 nitrogen and oxygen atoms in total. The summed E-state index contributed by atoms with van der Waals surface area (Å²) in [5, 5.41) is 0.939. The number of ketones is 1. The van der Waals surface area contributed by atoms with Crippen LogP contribution in [0.3, 0.4) is 0 Å². The van der Waals surface area contributed by atoms with Crippen LogP contribution in [0.1, 0.15) is 28.0 Å². The van der Waals surface area contributed by atoms with E-state index in [1.165, 1.54) is 5.56 Å². The van der Waals surface area contributed by atoms with Gasteiger partial charge in [-0.05, 0) is 24.5 Å². The van der Waals surface area contributed by atoms with Crippen molar-refractivity contribution in [3.05, 3.63) is 71.4 Å². The first kappa shape index (κ1) is 14.8. The van der Waals surface area contributed by atoms with E-state index >= 15 is 0 Å². The lowest BCUT2D eigenvalue weighted by Gasteiger charge is -2.24. The molecule has 23 heavy (non-hydrogen) atoms. The fourth-order valence-corrected chi connectivity index (χ4v) is 3.77. The van der Waals surface area contributed by atoms with Crippen molar-refractivity contribution in [3.63, 3.8) is 0 Å². The van der Waals surface area contributed by atoms with Crippen molar-refractivity contribution in [2.75, 3.05) is 0 Å². The number of aromatic nitrogens is 1. The summed E-state index contributed by atoms with van der Waals surface area (Å²) >= 11 is 12.5. The van der Waals surface area contributed by atoms with Gasteiger partial charge in [0.05, 0.1) is 0 Å². The average Bonchev–Trinajstić information content (AvgIpc) is 2.87. The van der Waals surface area contributed by atoms with E-state index < -0.39 is 4.33 Å². The number of fused-ring (bicyclic) bond motifs is 3. The van der Waals surface area contributed by atoms with E-state index in [1.54, 1.807) is 0 Å². The molecule has 0 N–H and O–H groups in total. The number of hydrogen-bond acceptors (Lipinski definition) is 1. The predicted molar refractivity (Wildman–Crippen MR) is 94.6 cm³/mol. The van der Waals surface area contributed by atoms with Crippen LogP contribution in [-0.2, 0) is 13.0 Å². The van der Waals surface area contributed by atoms with E-state index in [2.05, 4.69) is 16.7 Å². The minimum absolute atomic E-state index is 0.176. The summed E-state index contributed by atoms with van der Waals surface area (Å²) in [5.74, 6) is -0.176. The molecule has 0 spiro atoms. The van der Waals surface area contributed by atoms with Gasteiger partial charge in [0.15, 0.2) is 4.33 Å². The second-order valence-corrected chi connectivity index (χ2v) is 7.43. The number of benzene rings is 2. The lowest BCUT2D eigenvalue weighted by atomic mass is 9.93. The molecule has 1 heterocycles. The topological polar surface area (TPSA) is 22.0 Å². The Morgan fingerprint density at radius 1 is 1.00 bits per heavy atom. The van der Waals surface area contributed by atoms with Gasteiger partial charge in [0.2, 0.25) is 5.78 Å². The van der Waals surface area contributed by atoms with Crippen LogP contribution < -0.4 is 0 Å². The molecule has 0 saturated heterocycles. The summed E-state index contributed by atoms with van der Waals surface area (Å²) in [5.41, 5.74) is 3.99. The molecular weight excluding hydrogens is 329 g/mol. The van der Waals surface area contributed by atoms with Crippen LogP contribution in [-0.4, -0.2) is 14.7 Å². The highest BCUT2D eigenvalue weighted by Crippen LogP contribution is 2.41. The van der Waals surface area contributed by atoms with Gasteiger partial charge in [-0.15, -0.1) is 0 Å². The van der Waals surface area contributed by atoms with Gasteiger partial charge in [-0.25, -0.2) is 0 Å². The Labute approximate surface area is 144 Å². The monoisotopic (exact) mass is 343 g/mol. The van der Waals surface area contributed by atoms with Crippen molar-refractivity contribution < 1.29 is 4.79 Å². The minimum Gasteiger partial charge on any atom is -0.339 e. The summed E-state index contributed by atoms with van der Waals surface area (Å²) in [6.07, 6.45) is 1.16. The van der Waals surface area contributed by atoms with Crippen molar-refractivity contribution >= 4 is 39.9 Å². The second-order valence-electron chi connectivity index (χ2n) is 5.94. The maximum absolute atomic E-state index is 12.7. The van der Waals surface area contributed by atoms with E-state index in [4.69, 9.17) is 23.2 Å². The van der Waals surface area contributed by atoms with Crippen LogP contribution in [0.15, 0.2) is 54.6 Å². The lowest BCUT2D eigenvalue weighted by molar-refractivity contribution is 0.0961. The number of para-hydroxylation sites is 1. The van der Waals surface area contributed by atoms with Gasteiger partial charge >= 0.3 is 0 Å². The van der Waals surface area contributed by atoms with Crippen LogP contribution in [0.5, 0.6) is 0 Å². The molecule has 4 heteroatoms. The van der Waals surface area contributed by atoms with Gasteiger partial charge in [0.25, 0.3) is 0 Å². The van der Waals surface area contributed by atoms with Gasteiger partial charge in [-0.2, -0.15) is 0 Å². The first-order valence-electron chi connectivity index (χ1n) is 7.64. The fourth-order valence-electron chi connectivity index (χ4n) is 3.39. The van der Waals surface area contributed by atoms with Crippen LogP contribution in [0.25, 0.3) is 10.9 Å². The predicted octanol–water partition coefficient (Wildman–Crippen LogP) is 4.99. The molecule has 0 atom stereocenters. The quantitative estimate of drug-likeness (QED) is 0.600. The maximum Gasteiger partial charge on any atom is 0.201 e. The van der Waals surface area contributed by atoms with Gasteiger partial charge < -0.3 is 4.57 Å². The van der Waals surface area contributed by atoms with E-state index in [-0.39, 0.29) is 5.78 Å². The molecule has 3 aromatic rings. The van der Waals surface area contributed by atoms with E-state index in [9.17, 15) is 4.79 Å². The van der Waals surface area contributed by atoms with Crippen molar-refractivity contribution in [3.8, 4) is 0 Å². The van der Waals surface area contributed by atoms with E-state index in [0.717, 1.165) is 23.1 Å². The second kappa shape index (κ2) is 5.40. The molecule has 0 amide bonds. The van der Waals surface area contributed by atoms with Crippen LogP contribution in [0.2, 0.25) is 0 Å². The molecule has 0 fully saturated rings. The van der Waals surface area contributed by atoms with Gasteiger partial charge in [-0.1, -0.05) is 71.7 Å². The Morgan fingerprint density at radius 2 is 1.70 bits per heavy atom. The van der Waals surface area contributed by atoms with E-state index in [0.29, 0.717) is 18.4 Å². The zero-order chi connectivity index (χ0) is 16.0. The number of carbonyl (C=O) groups is 1. The van der Waals surface area contributed by atoms with Crippen molar-refractivity contribution in [1.82, 2.24) is 4.57 Å². The molecule has 1 aliphatic carbocycles. The third-order valence-electron chi connectivity index (χ3n) is 4.50. The first-order valence-corrected chi connectivity index (χ1v) is 8.40. The molecule has 4 rings (SSSR count). The molecule has 1 aromatic heterocycles. The first-order chi connectivity index (χ1) is 11.1. The Hall–Kier alpha value is -1.77. The Kier molecular flexibility index (Phi) is 3.47. The standard InChI is InChI=1S/C19H15Cl2NO/c20-19(21)11-10-16-17(18(19)23)14-8-4-5-9-15(14)22(16)12-13-6-2-1-3-7-13/h1-9H,10-12H2. The molecule has 0 unspecified atom stereocenters. The molecule has 0 radical (unpaired) electrons. The SMILES string of the molecule is O=C1c2c(n(Cc3ccccc3)c3ccccc23)CCC1(Cl)Cl. The van der Waals surface area contributed by atoms with E-state index in [1.807, 2.05) is 42.5 Å². The van der Waals surface area contributed by atoms with Crippen molar-refractivity contribution in [2.24, 2.45) is 0 Å². The zero-order valence-electron chi connectivity index (χ0n) is 12.4. The molecular formula is C19H15Cl2NO. The number of hydrogen-bond donors (Lipinski definition) is 0. The summed E-state index contributed by atoms with van der Waals surface area (Å²) in [6, 6.07) is 18.2. The highest BCUT2D eigenvalue weighted by Gasteiger charge is 2.42. The number of rotatable bonds is 2. The number of alkyl halides is 2. The van der Waals surface area contributed by atoms with Gasteiger partial charge in [-0.3, -0.25) is 4.79 Å². The Morgan fingerprint density at radius 3 is 2.48 bits per heavy atom. The van der Waals surface area contributed by atoms with Crippen LogP contribution in [0, 0.1) is 0 Å². The van der Waals surface area contributed by atoms with Crippen molar-refractivity contribution in [2.45, 2.75) is 23.7 Å². The molecule has 2 aromatic carbocycles. The van der Waals surface area contributed by atoms with Crippen molar-refractivity contribution in [1.29, 1.82) is 0 Å². The number of carbonyl (C=O) groups excluding carboxylic acids is 1. The molecule has 1 aliphatic rings. The number of halogens is 2. The van der Waals surface area contributed by atoms with Crippen LogP contribution >= 0.6 is 23.2 Å². The summed E-state index contributed by atoms with van der Waals surface area (Å²) in [6.45, 7) is 0.738. The summed E-state index contributed by atoms with van der Waals surface area (Å²) in [7, 11) is 0. The third-order valence-corrected chi connectivity index (χ3v) is 5.22. The Bertz CT molecular complexity index is 896. The average molecular weight is 344 g/mol. The fraction of sp³-hybridized carbons (Fsp3) is 0.211. The lowest BCUT2D eigenvalue weighted by Crippen LogP contribution is -2.32. The van der Waals surface area contributed by atoms with Gasteiger partial charge in [0.1, 0.15) is 0 Å². The highest BCUT2D eigenvalue weighted by atomic mass is 35.5. The third kappa shape index (κ3) is 2.37. The largest absolute Gasteiger partial charge is 0.339 e. The highest BCUT2D eigenvalue weighted by molar-refractivity contribution is 6.60. The zero-order valence-corrected chi connectivity index (χ0v) is 13.9.